The number of fused-ring (bicyclic) bond motifs is 2. The van der Waals surface area contributed by atoms with Crippen LogP contribution in [0.1, 0.15) is 47.6 Å². The molecular weight excluding hydrogens is 352 g/mol. The normalized spacial score (nSPS) is 25.6. The highest BCUT2D eigenvalue weighted by Gasteiger charge is 2.38. The summed E-state index contributed by atoms with van der Waals surface area (Å²) in [5.74, 6) is -0.0934. The van der Waals surface area contributed by atoms with E-state index in [4.69, 9.17) is 11.6 Å². The fourth-order valence-electron chi connectivity index (χ4n) is 4.30. The number of hydrogen-bond donors (Lipinski definition) is 1. The predicted molar refractivity (Wildman–Crippen MR) is 99.4 cm³/mol. The molecule has 2 aliphatic rings. The van der Waals surface area contributed by atoms with Crippen LogP contribution < -0.4 is 5.32 Å². The van der Waals surface area contributed by atoms with Crippen molar-refractivity contribution in [3.05, 3.63) is 34.4 Å². The molecule has 4 heterocycles. The average molecular weight is 377 g/mol. The largest absolute Gasteiger partial charge is 0.348 e. The van der Waals surface area contributed by atoms with Gasteiger partial charge in [-0.25, -0.2) is 4.68 Å². The third-order valence-corrected chi connectivity index (χ3v) is 6.43. The summed E-state index contributed by atoms with van der Waals surface area (Å²) in [6.45, 7) is 4.24. The number of hydrogen-bond acceptors (Lipinski definition) is 4. The third-order valence-electron chi connectivity index (χ3n) is 5.88. The zero-order chi connectivity index (χ0) is 18.4. The Morgan fingerprint density at radius 2 is 1.96 bits per heavy atom. The fraction of sp³-hybridized carbons (Fsp3) is 0.611. The van der Waals surface area contributed by atoms with Gasteiger partial charge in [0.15, 0.2) is 0 Å². The number of aromatic nitrogens is 4. The Labute approximate surface area is 158 Å². The van der Waals surface area contributed by atoms with Crippen LogP contribution in [-0.4, -0.2) is 55.5 Å². The maximum absolute atomic E-state index is 12.6. The van der Waals surface area contributed by atoms with Gasteiger partial charge in [0.05, 0.1) is 16.4 Å². The van der Waals surface area contributed by atoms with Crippen molar-refractivity contribution in [3.8, 4) is 0 Å². The molecule has 4 rings (SSSR count). The van der Waals surface area contributed by atoms with E-state index >= 15 is 0 Å². The van der Waals surface area contributed by atoms with Crippen LogP contribution in [0.3, 0.4) is 0 Å². The molecule has 2 fully saturated rings. The van der Waals surface area contributed by atoms with Crippen molar-refractivity contribution in [2.45, 2.75) is 64.3 Å². The highest BCUT2D eigenvalue weighted by molar-refractivity contribution is 6.31. The number of amides is 1. The van der Waals surface area contributed by atoms with Gasteiger partial charge < -0.3 is 10.2 Å². The first-order chi connectivity index (χ1) is 12.4. The molecule has 8 heteroatoms. The second kappa shape index (κ2) is 6.70. The van der Waals surface area contributed by atoms with Gasteiger partial charge in [0.2, 0.25) is 0 Å². The summed E-state index contributed by atoms with van der Waals surface area (Å²) in [7, 11) is 2.20. The summed E-state index contributed by atoms with van der Waals surface area (Å²) in [6, 6.07) is 3.21. The minimum atomic E-state index is -0.0934. The molecule has 2 saturated heterocycles. The first-order valence-electron chi connectivity index (χ1n) is 9.18. The predicted octanol–water partition coefficient (Wildman–Crippen LogP) is 2.21. The van der Waals surface area contributed by atoms with Crippen LogP contribution in [0.5, 0.6) is 0 Å². The number of aryl methyl sites for hydroxylation is 1. The number of nitrogens with one attached hydrogen (secondary N) is 1. The summed E-state index contributed by atoms with van der Waals surface area (Å²) < 4.78 is 3.50. The van der Waals surface area contributed by atoms with Crippen LogP contribution in [0.15, 0.2) is 12.3 Å². The minimum absolute atomic E-state index is 0.0934. The number of carbonyl (C=O) groups excluding carboxylic acids is 1. The van der Waals surface area contributed by atoms with Crippen LogP contribution in [0.4, 0.5) is 0 Å². The number of nitrogens with zero attached hydrogens (tertiary/aromatic N) is 5. The van der Waals surface area contributed by atoms with Crippen molar-refractivity contribution >= 4 is 17.5 Å². The maximum Gasteiger partial charge on any atom is 0.271 e. The Balaban J connectivity index is 1.40. The third kappa shape index (κ3) is 3.14. The van der Waals surface area contributed by atoms with Gasteiger partial charge in [0, 0.05) is 24.3 Å². The second-order valence-electron chi connectivity index (χ2n) is 7.56. The van der Waals surface area contributed by atoms with Crippen LogP contribution in [0.2, 0.25) is 5.02 Å². The molecule has 2 unspecified atom stereocenters. The van der Waals surface area contributed by atoms with Gasteiger partial charge in [0.25, 0.3) is 5.91 Å². The van der Waals surface area contributed by atoms with Gasteiger partial charge in [-0.3, -0.25) is 9.48 Å². The van der Waals surface area contributed by atoms with E-state index in [9.17, 15) is 4.79 Å². The molecule has 2 aliphatic heterocycles. The van der Waals surface area contributed by atoms with Gasteiger partial charge in [-0.05, 0) is 52.6 Å². The number of rotatable bonds is 4. The van der Waals surface area contributed by atoms with Crippen LogP contribution >= 0.6 is 11.6 Å². The molecule has 1 N–H and O–H groups in total. The number of carbonyl (C=O) groups is 1. The van der Waals surface area contributed by atoms with Gasteiger partial charge in [-0.15, -0.1) is 0 Å². The standard InChI is InChI=1S/C18H25ClN6O/c1-11-17(19)12(2)25(21-11)10-24-7-6-16(22-24)18(26)20-13-8-14-4-5-15(9-13)23(14)3/h6-7,13-15H,4-5,8-10H2,1-3H3,(H,20,26). The van der Waals surface area contributed by atoms with Crippen molar-refractivity contribution in [1.82, 2.24) is 29.8 Å². The first-order valence-corrected chi connectivity index (χ1v) is 9.56. The lowest BCUT2D eigenvalue weighted by Crippen LogP contribution is -2.48. The van der Waals surface area contributed by atoms with E-state index in [-0.39, 0.29) is 11.9 Å². The average Bonchev–Trinajstić information content (AvgIpc) is 3.21. The fourth-order valence-corrected chi connectivity index (χ4v) is 4.44. The Bertz CT molecular complexity index is 814. The van der Waals surface area contributed by atoms with Gasteiger partial charge in [-0.1, -0.05) is 11.6 Å². The zero-order valence-corrected chi connectivity index (χ0v) is 16.2. The molecular formula is C18H25ClN6O. The lowest BCUT2D eigenvalue weighted by Gasteiger charge is -2.36. The molecule has 1 amide bonds. The molecule has 2 aromatic rings. The quantitative estimate of drug-likeness (QED) is 0.888. The van der Waals surface area contributed by atoms with Crippen molar-refractivity contribution in [3.63, 3.8) is 0 Å². The molecule has 26 heavy (non-hydrogen) atoms. The van der Waals surface area contributed by atoms with E-state index in [1.807, 2.05) is 13.8 Å². The van der Waals surface area contributed by atoms with Gasteiger partial charge in [-0.2, -0.15) is 10.2 Å². The Morgan fingerprint density at radius 3 is 2.58 bits per heavy atom. The smallest absolute Gasteiger partial charge is 0.271 e. The van der Waals surface area contributed by atoms with Crippen LogP contribution in [0, 0.1) is 13.8 Å². The van der Waals surface area contributed by atoms with Gasteiger partial charge >= 0.3 is 0 Å². The van der Waals surface area contributed by atoms with E-state index in [1.165, 1.54) is 12.8 Å². The van der Waals surface area contributed by atoms with E-state index in [0.29, 0.717) is 29.5 Å². The van der Waals surface area contributed by atoms with E-state index in [2.05, 4.69) is 27.5 Å². The van der Waals surface area contributed by atoms with Crippen LogP contribution in [0.25, 0.3) is 0 Å². The molecule has 0 aliphatic carbocycles. The lowest BCUT2D eigenvalue weighted by molar-refractivity contribution is 0.0876. The second-order valence-corrected chi connectivity index (χ2v) is 7.94. The Hall–Kier alpha value is -1.86. The highest BCUT2D eigenvalue weighted by atomic mass is 35.5. The van der Waals surface area contributed by atoms with E-state index in [1.54, 1.807) is 21.6 Å². The molecule has 2 bridgehead atoms. The maximum atomic E-state index is 12.6. The summed E-state index contributed by atoms with van der Waals surface area (Å²) in [5, 5.41) is 12.7. The van der Waals surface area contributed by atoms with Crippen molar-refractivity contribution < 1.29 is 4.79 Å². The Morgan fingerprint density at radius 1 is 1.27 bits per heavy atom. The van der Waals surface area contributed by atoms with E-state index in [0.717, 1.165) is 24.2 Å². The zero-order valence-electron chi connectivity index (χ0n) is 15.4. The molecule has 0 aromatic carbocycles. The van der Waals surface area contributed by atoms with Crippen LogP contribution in [-0.2, 0) is 6.67 Å². The van der Waals surface area contributed by atoms with Gasteiger partial charge in [0.1, 0.15) is 12.4 Å². The van der Waals surface area contributed by atoms with Crippen molar-refractivity contribution in [2.75, 3.05) is 7.05 Å². The number of piperidine rings is 1. The summed E-state index contributed by atoms with van der Waals surface area (Å²) in [6.07, 6.45) is 6.35. The highest BCUT2D eigenvalue weighted by Crippen LogP contribution is 2.34. The summed E-state index contributed by atoms with van der Waals surface area (Å²) in [5.41, 5.74) is 2.14. The molecule has 0 spiro atoms. The topological polar surface area (TPSA) is 68.0 Å². The molecule has 0 radical (unpaired) electrons. The van der Waals surface area contributed by atoms with Crippen molar-refractivity contribution in [2.24, 2.45) is 0 Å². The van der Waals surface area contributed by atoms with Crippen molar-refractivity contribution in [1.29, 1.82) is 0 Å². The molecule has 140 valence electrons. The lowest BCUT2D eigenvalue weighted by atomic mass is 9.98. The minimum Gasteiger partial charge on any atom is -0.348 e. The molecule has 7 nitrogen and oxygen atoms in total. The monoisotopic (exact) mass is 376 g/mol. The number of halogens is 1. The summed E-state index contributed by atoms with van der Waals surface area (Å²) in [4.78, 5) is 15.0. The Kier molecular flexibility index (Phi) is 4.52. The van der Waals surface area contributed by atoms with E-state index < -0.39 is 0 Å². The SMILES string of the molecule is Cc1nn(Cn2ccc(C(=O)NC3CC4CCC(C3)N4C)n2)c(C)c1Cl. The molecule has 2 atom stereocenters. The summed E-state index contributed by atoms with van der Waals surface area (Å²) >= 11 is 6.19. The first kappa shape index (κ1) is 17.5. The molecule has 0 saturated carbocycles. The molecule has 2 aromatic heterocycles.